The molecule has 106 valence electrons. The summed E-state index contributed by atoms with van der Waals surface area (Å²) in [5.41, 5.74) is 1.03. The molecule has 0 radical (unpaired) electrons. The maximum Gasteiger partial charge on any atom is 0.166 e. The summed E-state index contributed by atoms with van der Waals surface area (Å²) in [6, 6.07) is 14.0. The minimum absolute atomic E-state index is 0.0409. The number of phenols is 3. The predicted molar refractivity (Wildman–Crippen MR) is 83.2 cm³/mol. The molecule has 0 saturated carbocycles. The number of aromatic hydroxyl groups is 3. The lowest BCUT2D eigenvalue weighted by Gasteiger charge is -2.13. The zero-order valence-electron chi connectivity index (χ0n) is 11.0. The van der Waals surface area contributed by atoms with E-state index in [0.717, 1.165) is 5.56 Å². The minimum Gasteiger partial charge on any atom is -0.507 e. The van der Waals surface area contributed by atoms with Gasteiger partial charge in [0, 0.05) is 27.8 Å². The Labute approximate surface area is 126 Å². The molecule has 3 aromatic carbocycles. The number of fused-ring (bicyclic) bond motifs is 1. The zero-order valence-corrected chi connectivity index (χ0v) is 11.8. The van der Waals surface area contributed by atoms with Crippen LogP contribution in [0, 0.1) is 0 Å². The van der Waals surface area contributed by atoms with Crippen LogP contribution in [-0.4, -0.2) is 15.3 Å². The van der Waals surface area contributed by atoms with Gasteiger partial charge in [0.15, 0.2) is 11.5 Å². The molecule has 0 fully saturated rings. The molecule has 0 bridgehead atoms. The molecule has 3 nitrogen and oxygen atoms in total. The van der Waals surface area contributed by atoms with E-state index in [2.05, 4.69) is 0 Å². The third kappa shape index (κ3) is 2.26. The van der Waals surface area contributed by atoms with Gasteiger partial charge in [-0.1, -0.05) is 54.1 Å². The van der Waals surface area contributed by atoms with Crippen molar-refractivity contribution in [1.29, 1.82) is 0 Å². The van der Waals surface area contributed by atoms with Gasteiger partial charge in [-0.15, -0.1) is 0 Å². The topological polar surface area (TPSA) is 60.7 Å². The molecule has 0 saturated heterocycles. The van der Waals surface area contributed by atoms with Crippen molar-refractivity contribution in [1.82, 2.24) is 0 Å². The largest absolute Gasteiger partial charge is 0.507 e. The fourth-order valence-corrected chi connectivity index (χ4v) is 2.64. The van der Waals surface area contributed by atoms with Crippen LogP contribution >= 0.6 is 11.6 Å². The van der Waals surface area contributed by atoms with Crippen LogP contribution in [0.1, 0.15) is 11.1 Å². The molecule has 0 aromatic heterocycles. The summed E-state index contributed by atoms with van der Waals surface area (Å²) in [4.78, 5) is 0. The summed E-state index contributed by atoms with van der Waals surface area (Å²) in [6.07, 6.45) is 0.232. The van der Waals surface area contributed by atoms with Gasteiger partial charge >= 0.3 is 0 Å². The number of halogens is 1. The summed E-state index contributed by atoms with van der Waals surface area (Å²) in [7, 11) is 0. The second kappa shape index (κ2) is 5.19. The highest BCUT2D eigenvalue weighted by atomic mass is 35.5. The molecule has 0 spiro atoms. The summed E-state index contributed by atoms with van der Waals surface area (Å²) in [6.45, 7) is 0. The molecule has 0 aliphatic heterocycles. The molecule has 0 unspecified atom stereocenters. The number of rotatable bonds is 2. The van der Waals surface area contributed by atoms with Crippen molar-refractivity contribution in [3.05, 3.63) is 64.7 Å². The average Bonchev–Trinajstić information content (AvgIpc) is 2.51. The first-order valence-corrected chi connectivity index (χ1v) is 6.85. The first-order valence-electron chi connectivity index (χ1n) is 6.47. The van der Waals surface area contributed by atoms with Crippen LogP contribution in [0.15, 0.2) is 48.5 Å². The lowest BCUT2D eigenvalue weighted by molar-refractivity contribution is 0.396. The van der Waals surface area contributed by atoms with Gasteiger partial charge in [0.25, 0.3) is 0 Å². The molecule has 0 amide bonds. The molecule has 3 N–H and O–H groups in total. The van der Waals surface area contributed by atoms with Crippen molar-refractivity contribution >= 4 is 22.4 Å². The molecule has 4 heteroatoms. The summed E-state index contributed by atoms with van der Waals surface area (Å²) < 4.78 is 0. The standard InChI is InChI=1S/C17H13ClO3/c18-14-8-4-1-5-10(14)9-13-15(19)11-6-2-3-7-12(11)16(20)17(13)21/h1-8,19-21H,9H2. The Morgan fingerprint density at radius 2 is 1.29 bits per heavy atom. The van der Waals surface area contributed by atoms with Gasteiger partial charge in [0.1, 0.15) is 5.75 Å². The predicted octanol–water partition coefficient (Wildman–Crippen LogP) is 4.20. The van der Waals surface area contributed by atoms with Crippen molar-refractivity contribution in [2.24, 2.45) is 0 Å². The van der Waals surface area contributed by atoms with Gasteiger partial charge in [-0.2, -0.15) is 0 Å². The Kier molecular flexibility index (Phi) is 3.35. The fraction of sp³-hybridized carbons (Fsp3) is 0.0588. The Hall–Kier alpha value is -2.39. The Balaban J connectivity index is 2.21. The number of hydrogen-bond acceptors (Lipinski definition) is 3. The third-order valence-corrected chi connectivity index (χ3v) is 3.93. The van der Waals surface area contributed by atoms with E-state index in [1.807, 2.05) is 18.2 Å². The van der Waals surface area contributed by atoms with Crippen molar-refractivity contribution < 1.29 is 15.3 Å². The number of benzene rings is 3. The zero-order chi connectivity index (χ0) is 15.0. The average molecular weight is 301 g/mol. The summed E-state index contributed by atoms with van der Waals surface area (Å²) in [5, 5.41) is 32.1. The van der Waals surface area contributed by atoms with E-state index >= 15 is 0 Å². The summed E-state index contributed by atoms with van der Waals surface area (Å²) in [5.74, 6) is -0.586. The van der Waals surface area contributed by atoms with Crippen molar-refractivity contribution in [3.63, 3.8) is 0 Å². The molecular formula is C17H13ClO3. The van der Waals surface area contributed by atoms with Gasteiger partial charge < -0.3 is 15.3 Å². The van der Waals surface area contributed by atoms with Gasteiger partial charge in [-0.3, -0.25) is 0 Å². The van der Waals surface area contributed by atoms with Gasteiger partial charge in [-0.25, -0.2) is 0 Å². The maximum absolute atomic E-state index is 10.4. The smallest absolute Gasteiger partial charge is 0.166 e. The second-order valence-corrected chi connectivity index (χ2v) is 5.25. The van der Waals surface area contributed by atoms with E-state index in [1.54, 1.807) is 30.3 Å². The van der Waals surface area contributed by atoms with Gasteiger partial charge in [0.2, 0.25) is 0 Å². The normalized spacial score (nSPS) is 10.9. The molecule has 0 aliphatic rings. The highest BCUT2D eigenvalue weighted by Gasteiger charge is 2.18. The lowest BCUT2D eigenvalue weighted by atomic mass is 9.97. The molecule has 0 heterocycles. The highest BCUT2D eigenvalue weighted by Crippen LogP contribution is 2.45. The lowest BCUT2D eigenvalue weighted by Crippen LogP contribution is -1.93. The van der Waals surface area contributed by atoms with Crippen LogP contribution in [0.4, 0.5) is 0 Å². The number of hydrogen-bond donors (Lipinski definition) is 3. The van der Waals surface area contributed by atoms with Crippen LogP contribution < -0.4 is 0 Å². The quantitative estimate of drug-likeness (QED) is 0.491. The van der Waals surface area contributed by atoms with Crippen LogP contribution in [0.3, 0.4) is 0 Å². The van der Waals surface area contributed by atoms with Gasteiger partial charge in [-0.05, 0) is 11.6 Å². The van der Waals surface area contributed by atoms with E-state index in [-0.39, 0.29) is 29.2 Å². The Morgan fingerprint density at radius 1 is 0.714 bits per heavy atom. The fourth-order valence-electron chi connectivity index (χ4n) is 2.44. The molecule has 21 heavy (non-hydrogen) atoms. The highest BCUT2D eigenvalue weighted by molar-refractivity contribution is 6.31. The van der Waals surface area contributed by atoms with Crippen molar-refractivity contribution in [2.45, 2.75) is 6.42 Å². The van der Waals surface area contributed by atoms with Crippen molar-refractivity contribution in [2.75, 3.05) is 0 Å². The molecule has 3 aromatic rings. The minimum atomic E-state index is -0.314. The third-order valence-electron chi connectivity index (χ3n) is 3.56. The van der Waals surface area contributed by atoms with Crippen LogP contribution in [0.2, 0.25) is 5.02 Å². The van der Waals surface area contributed by atoms with Crippen molar-refractivity contribution in [3.8, 4) is 17.2 Å². The molecular weight excluding hydrogens is 288 g/mol. The first kappa shape index (κ1) is 13.6. The van der Waals surface area contributed by atoms with E-state index in [0.29, 0.717) is 15.8 Å². The molecule has 3 rings (SSSR count). The second-order valence-electron chi connectivity index (χ2n) is 4.84. The first-order chi connectivity index (χ1) is 10.1. The monoisotopic (exact) mass is 300 g/mol. The van der Waals surface area contributed by atoms with Crippen LogP contribution in [-0.2, 0) is 6.42 Å². The summed E-state index contributed by atoms with van der Waals surface area (Å²) >= 11 is 6.11. The Bertz CT molecular complexity index is 828. The Morgan fingerprint density at radius 3 is 1.95 bits per heavy atom. The molecule has 0 aliphatic carbocycles. The number of phenolic OH excluding ortho intramolecular Hbond substituents is 3. The van der Waals surface area contributed by atoms with E-state index in [4.69, 9.17) is 11.6 Å². The van der Waals surface area contributed by atoms with E-state index in [9.17, 15) is 15.3 Å². The van der Waals surface area contributed by atoms with E-state index < -0.39 is 0 Å². The van der Waals surface area contributed by atoms with Gasteiger partial charge in [0.05, 0.1) is 0 Å². The van der Waals surface area contributed by atoms with Crippen LogP contribution in [0.25, 0.3) is 10.8 Å². The maximum atomic E-state index is 10.4. The SMILES string of the molecule is Oc1c(Cc2ccccc2Cl)c(O)c2ccccc2c1O. The molecule has 0 atom stereocenters. The van der Waals surface area contributed by atoms with Crippen LogP contribution in [0.5, 0.6) is 17.2 Å². The van der Waals surface area contributed by atoms with E-state index in [1.165, 1.54) is 0 Å².